The molecule has 0 amide bonds. The number of pyridine rings is 1. The van der Waals surface area contributed by atoms with Crippen LogP contribution in [0.4, 0.5) is 0 Å². The van der Waals surface area contributed by atoms with Gasteiger partial charge in [0, 0.05) is 37.3 Å². The molecule has 1 aliphatic carbocycles. The number of para-hydroxylation sites is 1. The molecule has 0 bridgehead atoms. The number of aromatic nitrogens is 1. The molecule has 2 aliphatic rings. The van der Waals surface area contributed by atoms with Crippen molar-refractivity contribution in [1.82, 2.24) is 9.88 Å². The van der Waals surface area contributed by atoms with E-state index in [1.54, 1.807) is 0 Å². The van der Waals surface area contributed by atoms with E-state index < -0.39 is 0 Å². The zero-order chi connectivity index (χ0) is 13.5. The summed E-state index contributed by atoms with van der Waals surface area (Å²) in [6.45, 7) is 3.38. The quantitative estimate of drug-likeness (QED) is 0.927. The first-order valence-corrected chi connectivity index (χ1v) is 7.62. The number of hydrogen-bond acceptors (Lipinski definition) is 3. The lowest BCUT2D eigenvalue weighted by Gasteiger charge is -2.19. The maximum atomic E-state index is 6.23. The van der Waals surface area contributed by atoms with Crippen LogP contribution in [0.25, 0.3) is 10.9 Å². The lowest BCUT2D eigenvalue weighted by Crippen LogP contribution is -2.30. The molecule has 1 aromatic carbocycles. The summed E-state index contributed by atoms with van der Waals surface area (Å²) < 4.78 is 0. The summed E-state index contributed by atoms with van der Waals surface area (Å²) in [5, 5.41) is 1.24. The average molecular weight is 304 g/mol. The van der Waals surface area contributed by atoms with Crippen molar-refractivity contribution in [3.8, 4) is 0 Å². The Morgan fingerprint density at radius 2 is 2.00 bits per heavy atom. The van der Waals surface area contributed by atoms with E-state index in [-0.39, 0.29) is 12.4 Å². The van der Waals surface area contributed by atoms with E-state index >= 15 is 0 Å². The molecule has 3 atom stereocenters. The molecule has 4 heteroatoms. The highest BCUT2D eigenvalue weighted by Crippen LogP contribution is 2.37. The van der Waals surface area contributed by atoms with E-state index in [2.05, 4.69) is 34.1 Å². The van der Waals surface area contributed by atoms with Crippen molar-refractivity contribution in [3.63, 3.8) is 0 Å². The smallest absolute Gasteiger partial charge is 0.0746 e. The topological polar surface area (TPSA) is 42.1 Å². The highest BCUT2D eigenvalue weighted by Gasteiger charge is 2.40. The molecule has 21 heavy (non-hydrogen) atoms. The first kappa shape index (κ1) is 14.8. The summed E-state index contributed by atoms with van der Waals surface area (Å²) in [6, 6.07) is 11.1. The summed E-state index contributed by atoms with van der Waals surface area (Å²) in [7, 11) is 0. The van der Waals surface area contributed by atoms with E-state index in [0.717, 1.165) is 30.4 Å². The summed E-state index contributed by atoms with van der Waals surface area (Å²) >= 11 is 0. The van der Waals surface area contributed by atoms with E-state index in [0.29, 0.717) is 6.04 Å². The van der Waals surface area contributed by atoms with Crippen LogP contribution in [0.3, 0.4) is 0 Å². The Hall–Kier alpha value is -1.16. The standard InChI is InChI=1S/C17H21N3.ClH/c18-16-7-6-13-9-20(11-15(13)16)10-14-4-1-3-12-5-2-8-19-17(12)14;/h1-5,8,13,15-16H,6-7,9-11,18H2;1H. The number of rotatable bonds is 2. The number of hydrogen-bond donors (Lipinski definition) is 1. The highest BCUT2D eigenvalue weighted by atomic mass is 35.5. The fourth-order valence-corrected chi connectivity index (χ4v) is 4.06. The lowest BCUT2D eigenvalue weighted by molar-refractivity contribution is 0.299. The zero-order valence-electron chi connectivity index (χ0n) is 12.1. The summed E-state index contributed by atoms with van der Waals surface area (Å²) in [6.07, 6.45) is 4.43. The van der Waals surface area contributed by atoms with Gasteiger partial charge in [0.1, 0.15) is 0 Å². The third-order valence-electron chi connectivity index (χ3n) is 5.10. The van der Waals surface area contributed by atoms with Gasteiger partial charge in [0.25, 0.3) is 0 Å². The fourth-order valence-electron chi connectivity index (χ4n) is 4.06. The Morgan fingerprint density at radius 3 is 2.86 bits per heavy atom. The van der Waals surface area contributed by atoms with Crippen molar-refractivity contribution in [1.29, 1.82) is 0 Å². The molecule has 2 aromatic rings. The van der Waals surface area contributed by atoms with E-state index in [1.807, 2.05) is 12.3 Å². The maximum absolute atomic E-state index is 6.23. The van der Waals surface area contributed by atoms with Crippen molar-refractivity contribution in [2.45, 2.75) is 25.4 Å². The van der Waals surface area contributed by atoms with E-state index in [1.165, 1.54) is 30.3 Å². The normalized spacial score (nSPS) is 28.5. The molecule has 2 heterocycles. The van der Waals surface area contributed by atoms with Crippen molar-refractivity contribution >= 4 is 23.3 Å². The van der Waals surface area contributed by atoms with Gasteiger partial charge in [-0.15, -0.1) is 12.4 Å². The average Bonchev–Trinajstić information content (AvgIpc) is 3.02. The Bertz CT molecular complexity index is 625. The van der Waals surface area contributed by atoms with E-state index in [4.69, 9.17) is 5.73 Å². The Morgan fingerprint density at radius 1 is 1.14 bits per heavy atom. The summed E-state index contributed by atoms with van der Waals surface area (Å²) in [5.74, 6) is 1.55. The number of nitrogens with two attached hydrogens (primary N) is 1. The predicted molar refractivity (Wildman–Crippen MR) is 88.5 cm³/mol. The molecule has 3 unspecified atom stereocenters. The van der Waals surface area contributed by atoms with Crippen LogP contribution < -0.4 is 5.73 Å². The van der Waals surface area contributed by atoms with Crippen LogP contribution in [0.5, 0.6) is 0 Å². The van der Waals surface area contributed by atoms with Crippen LogP contribution in [0.2, 0.25) is 0 Å². The maximum Gasteiger partial charge on any atom is 0.0746 e. The minimum atomic E-state index is 0. The molecule has 112 valence electrons. The molecule has 0 radical (unpaired) electrons. The molecule has 0 spiro atoms. The van der Waals surface area contributed by atoms with Crippen molar-refractivity contribution in [3.05, 3.63) is 42.1 Å². The molecule has 2 fully saturated rings. The third kappa shape index (κ3) is 2.66. The molecule has 1 saturated heterocycles. The van der Waals surface area contributed by atoms with Gasteiger partial charge in [-0.3, -0.25) is 9.88 Å². The number of benzene rings is 1. The van der Waals surface area contributed by atoms with Crippen LogP contribution in [0.15, 0.2) is 36.5 Å². The second kappa shape index (κ2) is 5.91. The van der Waals surface area contributed by atoms with Gasteiger partial charge in [0.05, 0.1) is 5.52 Å². The van der Waals surface area contributed by atoms with Gasteiger partial charge in [-0.2, -0.15) is 0 Å². The number of fused-ring (bicyclic) bond motifs is 2. The molecule has 1 saturated carbocycles. The number of halogens is 1. The van der Waals surface area contributed by atoms with Gasteiger partial charge in [0.2, 0.25) is 0 Å². The van der Waals surface area contributed by atoms with Gasteiger partial charge in [-0.05, 0) is 36.3 Å². The largest absolute Gasteiger partial charge is 0.327 e. The minimum Gasteiger partial charge on any atom is -0.327 e. The Kier molecular flexibility index (Phi) is 4.16. The van der Waals surface area contributed by atoms with Crippen LogP contribution in [0.1, 0.15) is 18.4 Å². The predicted octanol–water partition coefficient (Wildman–Crippen LogP) is 2.83. The minimum absolute atomic E-state index is 0. The molecule has 1 aliphatic heterocycles. The molecule has 4 rings (SSSR count). The second-order valence-electron chi connectivity index (χ2n) is 6.35. The molecule has 1 aromatic heterocycles. The lowest BCUT2D eigenvalue weighted by atomic mass is 9.98. The summed E-state index contributed by atoms with van der Waals surface area (Å²) in [4.78, 5) is 7.13. The molecule has 3 nitrogen and oxygen atoms in total. The Balaban J connectivity index is 0.00000132. The Labute approximate surface area is 131 Å². The molecular formula is C17H22ClN3. The van der Waals surface area contributed by atoms with Crippen LogP contribution in [0, 0.1) is 11.8 Å². The van der Waals surface area contributed by atoms with Gasteiger partial charge in [-0.1, -0.05) is 24.3 Å². The SMILES string of the molecule is Cl.NC1CCC2CN(Cc3cccc4cccnc34)CC12. The molecule has 2 N–H and O–H groups in total. The van der Waals surface area contributed by atoms with E-state index in [9.17, 15) is 0 Å². The van der Waals surface area contributed by atoms with Crippen molar-refractivity contribution < 1.29 is 0 Å². The zero-order valence-corrected chi connectivity index (χ0v) is 12.9. The van der Waals surface area contributed by atoms with Crippen LogP contribution in [-0.2, 0) is 6.54 Å². The molecular weight excluding hydrogens is 282 g/mol. The van der Waals surface area contributed by atoms with Crippen molar-refractivity contribution in [2.75, 3.05) is 13.1 Å². The highest BCUT2D eigenvalue weighted by molar-refractivity contribution is 5.85. The number of likely N-dealkylation sites (tertiary alicyclic amines) is 1. The van der Waals surface area contributed by atoms with Gasteiger partial charge >= 0.3 is 0 Å². The third-order valence-corrected chi connectivity index (χ3v) is 5.10. The van der Waals surface area contributed by atoms with Gasteiger partial charge in [0.15, 0.2) is 0 Å². The number of nitrogens with zero attached hydrogens (tertiary/aromatic N) is 2. The first-order valence-electron chi connectivity index (χ1n) is 7.62. The summed E-state index contributed by atoms with van der Waals surface area (Å²) in [5.41, 5.74) is 8.72. The van der Waals surface area contributed by atoms with Crippen LogP contribution >= 0.6 is 12.4 Å². The monoisotopic (exact) mass is 303 g/mol. The first-order chi connectivity index (χ1) is 9.81. The van der Waals surface area contributed by atoms with Crippen LogP contribution in [-0.4, -0.2) is 29.0 Å². The second-order valence-corrected chi connectivity index (χ2v) is 6.35. The van der Waals surface area contributed by atoms with Gasteiger partial charge < -0.3 is 5.73 Å². The van der Waals surface area contributed by atoms with Gasteiger partial charge in [-0.25, -0.2) is 0 Å². The van der Waals surface area contributed by atoms with Crippen molar-refractivity contribution in [2.24, 2.45) is 17.6 Å². The fraction of sp³-hybridized carbons (Fsp3) is 0.471.